The summed E-state index contributed by atoms with van der Waals surface area (Å²) in [5, 5.41) is 0. The van der Waals surface area contributed by atoms with E-state index in [0.717, 1.165) is 30.8 Å². The van der Waals surface area contributed by atoms with Gasteiger partial charge in [-0.05, 0) is 24.6 Å². The first-order chi connectivity index (χ1) is 8.86. The largest absolute Gasteiger partial charge is 0.416 e. The van der Waals surface area contributed by atoms with Gasteiger partial charge in [-0.3, -0.25) is 4.90 Å². The van der Waals surface area contributed by atoms with E-state index in [2.05, 4.69) is 20.8 Å². The molecule has 0 N–H and O–H groups in total. The molecule has 0 unspecified atom stereocenters. The highest BCUT2D eigenvalue weighted by atomic mass is 79.9. The summed E-state index contributed by atoms with van der Waals surface area (Å²) in [6, 6.07) is 3.80. The molecule has 6 heteroatoms. The highest BCUT2D eigenvalue weighted by Crippen LogP contribution is 2.32. The average molecular weight is 338 g/mol. The van der Waals surface area contributed by atoms with Crippen molar-refractivity contribution in [1.82, 2.24) is 4.90 Å². The number of morpholine rings is 1. The molecule has 0 spiro atoms. The van der Waals surface area contributed by atoms with E-state index < -0.39 is 11.7 Å². The molecule has 2 nitrogen and oxygen atoms in total. The molecular weight excluding hydrogens is 323 g/mol. The lowest BCUT2D eigenvalue weighted by Gasteiger charge is -2.31. The van der Waals surface area contributed by atoms with Crippen LogP contribution in [0.2, 0.25) is 0 Å². The van der Waals surface area contributed by atoms with Crippen LogP contribution in [0.1, 0.15) is 18.1 Å². The fourth-order valence-corrected chi connectivity index (χ4v) is 2.63. The van der Waals surface area contributed by atoms with Gasteiger partial charge in [-0.15, -0.1) is 0 Å². The van der Waals surface area contributed by atoms with Crippen molar-refractivity contribution < 1.29 is 17.9 Å². The Bertz CT molecular complexity index is 450. The number of benzene rings is 1. The maximum atomic E-state index is 12.6. The van der Waals surface area contributed by atoms with Gasteiger partial charge in [-0.2, -0.15) is 13.2 Å². The zero-order chi connectivity index (χ0) is 14.0. The quantitative estimate of drug-likeness (QED) is 0.816. The van der Waals surface area contributed by atoms with Crippen LogP contribution in [0.25, 0.3) is 0 Å². The summed E-state index contributed by atoms with van der Waals surface area (Å²) in [5.74, 6) is 0. The van der Waals surface area contributed by atoms with Crippen molar-refractivity contribution in [2.45, 2.75) is 25.7 Å². The molecule has 0 radical (unpaired) electrons. The Morgan fingerprint density at radius 1 is 1.42 bits per heavy atom. The van der Waals surface area contributed by atoms with E-state index in [1.807, 2.05) is 6.92 Å². The lowest BCUT2D eigenvalue weighted by molar-refractivity contribution is -0.137. The van der Waals surface area contributed by atoms with Crippen molar-refractivity contribution in [3.05, 3.63) is 33.8 Å². The summed E-state index contributed by atoms with van der Waals surface area (Å²) in [5.41, 5.74) is 0.237. The van der Waals surface area contributed by atoms with E-state index in [0.29, 0.717) is 17.6 Å². The Morgan fingerprint density at radius 2 is 2.16 bits per heavy atom. The molecule has 1 aliphatic heterocycles. The highest BCUT2D eigenvalue weighted by molar-refractivity contribution is 9.10. The second kappa shape index (κ2) is 5.81. The van der Waals surface area contributed by atoms with Crippen molar-refractivity contribution in [1.29, 1.82) is 0 Å². The minimum absolute atomic E-state index is 0.168. The molecule has 106 valence electrons. The summed E-state index contributed by atoms with van der Waals surface area (Å²) < 4.78 is 43.6. The van der Waals surface area contributed by atoms with E-state index in [1.54, 1.807) is 0 Å². The summed E-state index contributed by atoms with van der Waals surface area (Å²) in [4.78, 5) is 2.18. The highest BCUT2D eigenvalue weighted by Gasteiger charge is 2.31. The monoisotopic (exact) mass is 337 g/mol. The number of nitrogens with zero attached hydrogens (tertiary/aromatic N) is 1. The van der Waals surface area contributed by atoms with Gasteiger partial charge in [0.25, 0.3) is 0 Å². The van der Waals surface area contributed by atoms with E-state index in [-0.39, 0.29) is 6.10 Å². The molecule has 2 rings (SSSR count). The Balaban J connectivity index is 2.09. The SMILES string of the molecule is C[C@H]1CN(Cc2ccc(C(F)(F)F)cc2Br)CCO1. The molecule has 1 heterocycles. The van der Waals surface area contributed by atoms with Gasteiger partial charge < -0.3 is 4.74 Å². The molecule has 1 atom stereocenters. The summed E-state index contributed by atoms with van der Waals surface area (Å²) in [6.45, 7) is 4.89. The third-order valence-electron chi connectivity index (χ3n) is 3.10. The zero-order valence-electron chi connectivity index (χ0n) is 10.5. The summed E-state index contributed by atoms with van der Waals surface area (Å²) in [6.07, 6.45) is -4.13. The molecular formula is C13H15BrF3NO. The fraction of sp³-hybridized carbons (Fsp3) is 0.538. The van der Waals surface area contributed by atoms with Gasteiger partial charge in [-0.25, -0.2) is 0 Å². The predicted molar refractivity (Wildman–Crippen MR) is 69.8 cm³/mol. The van der Waals surface area contributed by atoms with Gasteiger partial charge in [-0.1, -0.05) is 22.0 Å². The standard InChI is InChI=1S/C13H15BrF3NO/c1-9-7-18(4-5-19-9)8-10-2-3-11(6-12(10)14)13(15,16)17/h2-3,6,9H,4-5,7-8H2,1H3/t9-/m0/s1. The number of hydrogen-bond donors (Lipinski definition) is 0. The van der Waals surface area contributed by atoms with Crippen LogP contribution in [0.5, 0.6) is 0 Å². The molecule has 1 aliphatic rings. The number of rotatable bonds is 2. The van der Waals surface area contributed by atoms with Gasteiger partial charge in [0.15, 0.2) is 0 Å². The Kier molecular flexibility index (Phi) is 4.53. The van der Waals surface area contributed by atoms with E-state index in [4.69, 9.17) is 4.74 Å². The third kappa shape index (κ3) is 3.94. The van der Waals surface area contributed by atoms with Gasteiger partial charge in [0, 0.05) is 24.1 Å². The number of alkyl halides is 3. The first-order valence-electron chi connectivity index (χ1n) is 6.06. The smallest absolute Gasteiger partial charge is 0.376 e. The molecule has 1 saturated heterocycles. The van der Waals surface area contributed by atoms with Crippen molar-refractivity contribution in [3.8, 4) is 0 Å². The van der Waals surface area contributed by atoms with Crippen LogP contribution in [-0.2, 0) is 17.5 Å². The maximum Gasteiger partial charge on any atom is 0.416 e. The first kappa shape index (κ1) is 14.8. The second-order valence-corrected chi connectivity index (χ2v) is 5.57. The van der Waals surface area contributed by atoms with Crippen LogP contribution < -0.4 is 0 Å². The van der Waals surface area contributed by atoms with Crippen LogP contribution in [0.3, 0.4) is 0 Å². The molecule has 1 aromatic carbocycles. The van der Waals surface area contributed by atoms with Crippen LogP contribution in [0, 0.1) is 0 Å². The molecule has 0 aromatic heterocycles. The Labute approximate surface area is 118 Å². The number of ether oxygens (including phenoxy) is 1. The van der Waals surface area contributed by atoms with Crippen LogP contribution in [-0.4, -0.2) is 30.7 Å². The number of halogens is 4. The normalized spacial score (nSPS) is 21.6. The summed E-state index contributed by atoms with van der Waals surface area (Å²) in [7, 11) is 0. The lowest BCUT2D eigenvalue weighted by Crippen LogP contribution is -2.40. The minimum atomic E-state index is -4.30. The second-order valence-electron chi connectivity index (χ2n) is 4.72. The fourth-order valence-electron chi connectivity index (χ4n) is 2.13. The topological polar surface area (TPSA) is 12.5 Å². The minimum Gasteiger partial charge on any atom is -0.376 e. The zero-order valence-corrected chi connectivity index (χ0v) is 12.1. The van der Waals surface area contributed by atoms with Crippen molar-refractivity contribution in [2.24, 2.45) is 0 Å². The van der Waals surface area contributed by atoms with Gasteiger partial charge in [0.1, 0.15) is 0 Å². The molecule has 0 aliphatic carbocycles. The third-order valence-corrected chi connectivity index (χ3v) is 3.84. The van der Waals surface area contributed by atoms with Gasteiger partial charge >= 0.3 is 6.18 Å². The summed E-state index contributed by atoms with van der Waals surface area (Å²) >= 11 is 3.22. The predicted octanol–water partition coefficient (Wildman–Crippen LogP) is 3.69. The first-order valence-corrected chi connectivity index (χ1v) is 6.85. The molecule has 0 saturated carbocycles. The van der Waals surface area contributed by atoms with E-state index >= 15 is 0 Å². The van der Waals surface area contributed by atoms with Gasteiger partial charge in [0.2, 0.25) is 0 Å². The molecule has 0 bridgehead atoms. The van der Waals surface area contributed by atoms with Crippen molar-refractivity contribution in [2.75, 3.05) is 19.7 Å². The maximum absolute atomic E-state index is 12.6. The Morgan fingerprint density at radius 3 is 2.74 bits per heavy atom. The van der Waals surface area contributed by atoms with Crippen molar-refractivity contribution >= 4 is 15.9 Å². The molecule has 19 heavy (non-hydrogen) atoms. The molecule has 1 fully saturated rings. The van der Waals surface area contributed by atoms with Crippen LogP contribution in [0.4, 0.5) is 13.2 Å². The number of hydrogen-bond acceptors (Lipinski definition) is 2. The van der Waals surface area contributed by atoms with Gasteiger partial charge in [0.05, 0.1) is 18.3 Å². The molecule has 0 amide bonds. The van der Waals surface area contributed by atoms with E-state index in [9.17, 15) is 13.2 Å². The van der Waals surface area contributed by atoms with Crippen LogP contribution >= 0.6 is 15.9 Å². The van der Waals surface area contributed by atoms with Crippen molar-refractivity contribution in [3.63, 3.8) is 0 Å². The lowest BCUT2D eigenvalue weighted by atomic mass is 10.1. The average Bonchev–Trinajstić information content (AvgIpc) is 2.30. The Hall–Kier alpha value is -0.590. The van der Waals surface area contributed by atoms with Crippen LogP contribution in [0.15, 0.2) is 22.7 Å². The van der Waals surface area contributed by atoms with E-state index in [1.165, 1.54) is 6.07 Å². The molecule has 1 aromatic rings.